The van der Waals surface area contributed by atoms with Crippen LogP contribution in [0.15, 0.2) is 200 Å². The normalized spacial score (nSPS) is 12.1. The van der Waals surface area contributed by atoms with E-state index >= 15 is 0 Å². The predicted octanol–water partition coefficient (Wildman–Crippen LogP) is 14.6. The third-order valence-corrected chi connectivity index (χ3v) is 12.4. The van der Waals surface area contributed by atoms with Crippen molar-refractivity contribution in [3.05, 3.63) is 200 Å². The molecule has 12 aromatic rings. The van der Waals surface area contributed by atoms with Gasteiger partial charge in [0, 0.05) is 43.9 Å². The van der Waals surface area contributed by atoms with E-state index in [1.54, 1.807) is 0 Å². The summed E-state index contributed by atoms with van der Waals surface area (Å²) in [6.45, 7) is 0. The molecule has 0 atom stereocenters. The summed E-state index contributed by atoms with van der Waals surface area (Å²) in [7, 11) is 0. The summed E-state index contributed by atoms with van der Waals surface area (Å²) in [4.78, 5) is 5.17. The van der Waals surface area contributed by atoms with E-state index in [0.29, 0.717) is 0 Å². The smallest absolute Gasteiger partial charge is 0.0722 e. The van der Waals surface area contributed by atoms with Gasteiger partial charge in [-0.2, -0.15) is 0 Å². The summed E-state index contributed by atoms with van der Waals surface area (Å²) < 4.78 is 4.78. The number of fused-ring (bicyclic) bond motifs is 11. The van der Waals surface area contributed by atoms with Gasteiger partial charge in [-0.25, -0.2) is 4.98 Å². The molecule has 3 aromatic heterocycles. The first-order valence-corrected chi connectivity index (χ1v) is 20.0. The zero-order valence-corrected chi connectivity index (χ0v) is 31.4. The second-order valence-corrected chi connectivity index (χ2v) is 15.5. The van der Waals surface area contributed by atoms with E-state index in [9.17, 15) is 0 Å². The molecule has 3 nitrogen and oxygen atoms in total. The minimum absolute atomic E-state index is 0.993. The summed E-state index contributed by atoms with van der Waals surface area (Å²) >= 11 is 0. The first-order chi connectivity index (χ1) is 28.8. The Morgan fingerprint density at radius 3 is 1.76 bits per heavy atom. The minimum atomic E-state index is 0.993. The Balaban J connectivity index is 0.909. The number of para-hydroxylation sites is 3. The molecule has 1 aliphatic rings. The highest BCUT2D eigenvalue weighted by atomic mass is 15.0. The average molecular weight is 736 g/mol. The fourth-order valence-corrected chi connectivity index (χ4v) is 9.87. The van der Waals surface area contributed by atoms with E-state index in [1.165, 1.54) is 98.8 Å². The molecule has 9 aromatic carbocycles. The second kappa shape index (κ2) is 11.9. The van der Waals surface area contributed by atoms with Gasteiger partial charge in [0.1, 0.15) is 0 Å². The van der Waals surface area contributed by atoms with Gasteiger partial charge in [-0.15, -0.1) is 0 Å². The van der Waals surface area contributed by atoms with Gasteiger partial charge in [-0.05, 0) is 117 Å². The van der Waals surface area contributed by atoms with Crippen molar-refractivity contribution in [2.24, 2.45) is 0 Å². The zero-order chi connectivity index (χ0) is 37.9. The lowest BCUT2D eigenvalue weighted by molar-refractivity contribution is 1.18. The lowest BCUT2D eigenvalue weighted by atomic mass is 9.97. The van der Waals surface area contributed by atoms with Crippen LogP contribution >= 0.6 is 0 Å². The molecule has 0 saturated heterocycles. The van der Waals surface area contributed by atoms with E-state index in [-0.39, 0.29) is 0 Å². The van der Waals surface area contributed by atoms with Crippen LogP contribution in [0.5, 0.6) is 0 Å². The van der Waals surface area contributed by atoms with Gasteiger partial charge < -0.3 is 9.13 Å². The van der Waals surface area contributed by atoms with Crippen molar-refractivity contribution in [1.29, 1.82) is 0 Å². The maximum atomic E-state index is 5.17. The van der Waals surface area contributed by atoms with E-state index in [0.717, 1.165) is 22.5 Å². The summed E-state index contributed by atoms with van der Waals surface area (Å²) in [5.41, 5.74) is 17.8. The Hall–Kier alpha value is -7.75. The van der Waals surface area contributed by atoms with E-state index in [4.69, 9.17) is 4.98 Å². The first-order valence-electron chi connectivity index (χ1n) is 20.0. The molecule has 58 heavy (non-hydrogen) atoms. The Morgan fingerprint density at radius 1 is 0.310 bits per heavy atom. The molecule has 0 N–H and O–H groups in total. The van der Waals surface area contributed by atoms with Crippen LogP contribution in [0.1, 0.15) is 0 Å². The molecule has 0 spiro atoms. The highest BCUT2D eigenvalue weighted by Crippen LogP contribution is 2.48. The lowest BCUT2D eigenvalue weighted by Crippen LogP contribution is -1.94. The van der Waals surface area contributed by atoms with Crippen LogP contribution in [0, 0.1) is 0 Å². The van der Waals surface area contributed by atoms with E-state index in [2.05, 4.69) is 209 Å². The number of hydrogen-bond acceptors (Lipinski definition) is 1. The quantitative estimate of drug-likeness (QED) is 0.176. The molecule has 0 unspecified atom stereocenters. The largest absolute Gasteiger partial charge is 0.309 e. The van der Waals surface area contributed by atoms with Crippen LogP contribution < -0.4 is 0 Å². The molecule has 0 radical (unpaired) electrons. The number of aromatic nitrogens is 3. The third kappa shape index (κ3) is 4.41. The molecule has 0 amide bonds. The summed E-state index contributed by atoms with van der Waals surface area (Å²) in [5, 5.41) is 8.81. The summed E-state index contributed by atoms with van der Waals surface area (Å²) in [6, 6.07) is 73.1. The van der Waals surface area contributed by atoms with Gasteiger partial charge in [0.2, 0.25) is 0 Å². The van der Waals surface area contributed by atoms with E-state index in [1.807, 2.05) is 0 Å². The topological polar surface area (TPSA) is 22.8 Å². The SMILES string of the molecule is c1ccc(-n2c3ccccc3c3c4ccc(-c5ccc6c(c5)c5ccccc5n6-c5ccc(-c6cc7c8c(cccc8n6)-c6ccccc6-7)cc5)cc4ccc32)cc1. The Morgan fingerprint density at radius 2 is 0.914 bits per heavy atom. The molecule has 0 aliphatic heterocycles. The van der Waals surface area contributed by atoms with Crippen LogP contribution in [0.3, 0.4) is 0 Å². The van der Waals surface area contributed by atoms with Crippen molar-refractivity contribution < 1.29 is 0 Å². The fraction of sp³-hybridized carbons (Fsp3) is 0. The van der Waals surface area contributed by atoms with Crippen LogP contribution in [-0.2, 0) is 0 Å². The van der Waals surface area contributed by atoms with Crippen molar-refractivity contribution in [3.63, 3.8) is 0 Å². The number of hydrogen-bond donors (Lipinski definition) is 0. The molecule has 1 aliphatic carbocycles. The van der Waals surface area contributed by atoms with Gasteiger partial charge in [-0.3, -0.25) is 0 Å². The molecule has 13 rings (SSSR count). The molecule has 0 fully saturated rings. The van der Waals surface area contributed by atoms with Crippen molar-refractivity contribution in [1.82, 2.24) is 14.1 Å². The summed E-state index contributed by atoms with van der Waals surface area (Å²) in [6.07, 6.45) is 0. The van der Waals surface area contributed by atoms with Crippen molar-refractivity contribution in [2.75, 3.05) is 0 Å². The average Bonchev–Trinajstić information content (AvgIpc) is 3.93. The second-order valence-electron chi connectivity index (χ2n) is 15.5. The molecular formula is C55H33N3. The number of benzene rings is 9. The molecule has 268 valence electrons. The van der Waals surface area contributed by atoms with Gasteiger partial charge in [0.25, 0.3) is 0 Å². The Labute approximate surface area is 334 Å². The highest BCUT2D eigenvalue weighted by molar-refractivity contribution is 6.22. The van der Waals surface area contributed by atoms with Crippen LogP contribution in [0.2, 0.25) is 0 Å². The standard InChI is InChI=1S/C55H33N3/c1-2-11-38(12-3-1)58-51-20-9-7-16-45(51)55-40-28-23-35(31-37(40)25-30-53(55)58)36-24-29-52-46(32-36)43-15-6-8-19-50(43)57(52)39-26-21-34(22-27-39)49-33-47-42-14-5-4-13-41(42)44-17-10-18-48(56-49)54(44)47/h1-33H. The zero-order valence-electron chi connectivity index (χ0n) is 31.4. The maximum Gasteiger partial charge on any atom is 0.0722 e. The molecule has 0 bridgehead atoms. The molecular weight excluding hydrogens is 703 g/mol. The Kier molecular flexibility index (Phi) is 6.44. The van der Waals surface area contributed by atoms with Gasteiger partial charge in [-0.1, -0.05) is 127 Å². The van der Waals surface area contributed by atoms with Crippen molar-refractivity contribution in [3.8, 4) is 56.0 Å². The molecule has 0 saturated carbocycles. The highest BCUT2D eigenvalue weighted by Gasteiger charge is 2.23. The van der Waals surface area contributed by atoms with Gasteiger partial charge >= 0.3 is 0 Å². The van der Waals surface area contributed by atoms with Crippen LogP contribution in [-0.4, -0.2) is 14.1 Å². The lowest BCUT2D eigenvalue weighted by Gasteiger charge is -2.11. The third-order valence-electron chi connectivity index (χ3n) is 12.4. The first kappa shape index (κ1) is 31.5. The number of pyridine rings is 1. The maximum absolute atomic E-state index is 5.17. The van der Waals surface area contributed by atoms with Crippen molar-refractivity contribution >= 4 is 65.3 Å². The Bertz CT molecular complexity index is 3660. The summed E-state index contributed by atoms with van der Waals surface area (Å²) in [5.74, 6) is 0. The predicted molar refractivity (Wildman–Crippen MR) is 243 cm³/mol. The molecule has 3 heteroatoms. The number of rotatable bonds is 4. The van der Waals surface area contributed by atoms with Gasteiger partial charge in [0.15, 0.2) is 0 Å². The minimum Gasteiger partial charge on any atom is -0.309 e. The van der Waals surface area contributed by atoms with Gasteiger partial charge in [0.05, 0.1) is 33.3 Å². The fourth-order valence-electron chi connectivity index (χ4n) is 9.87. The number of nitrogens with zero attached hydrogens (tertiary/aromatic N) is 3. The van der Waals surface area contributed by atoms with Crippen LogP contribution in [0.4, 0.5) is 0 Å². The monoisotopic (exact) mass is 735 g/mol. The molecule has 3 heterocycles. The van der Waals surface area contributed by atoms with Crippen LogP contribution in [0.25, 0.3) is 121 Å². The van der Waals surface area contributed by atoms with Crippen molar-refractivity contribution in [2.45, 2.75) is 0 Å². The van der Waals surface area contributed by atoms with E-state index < -0.39 is 0 Å².